The topological polar surface area (TPSA) is 98.4 Å². The van der Waals surface area contributed by atoms with Crippen molar-refractivity contribution in [3.8, 4) is 11.8 Å². The van der Waals surface area contributed by atoms with Gasteiger partial charge in [-0.1, -0.05) is 18.2 Å². The molecule has 0 aliphatic carbocycles. The summed E-state index contributed by atoms with van der Waals surface area (Å²) in [5, 5.41) is 23.4. The fraction of sp³-hybridized carbons (Fsp3) is 0.211. The van der Waals surface area contributed by atoms with E-state index >= 15 is 0 Å². The Hall–Kier alpha value is -3.02. The third kappa shape index (κ3) is 2.91. The Balaban J connectivity index is 1.85. The molecule has 0 unspecified atom stereocenters. The number of fused-ring (bicyclic) bond motifs is 1. The molecule has 0 radical (unpaired) electrons. The summed E-state index contributed by atoms with van der Waals surface area (Å²) in [5.74, 6) is 0.0472. The molecule has 0 amide bonds. The van der Waals surface area contributed by atoms with Crippen molar-refractivity contribution in [3.63, 3.8) is 0 Å². The predicted molar refractivity (Wildman–Crippen MR) is 102 cm³/mol. The monoisotopic (exact) mass is 382 g/mol. The summed E-state index contributed by atoms with van der Waals surface area (Å²) in [6, 6.07) is 13.2. The van der Waals surface area contributed by atoms with Crippen LogP contribution in [0.25, 0.3) is 10.9 Å². The normalized spacial score (nSPS) is 15.0. The highest BCUT2D eigenvalue weighted by Crippen LogP contribution is 2.32. The van der Waals surface area contributed by atoms with E-state index in [2.05, 4.69) is 5.32 Å². The molecule has 3 aromatic rings. The Bertz CT molecular complexity index is 1160. The number of nitrogens with one attached hydrogen (secondary N) is 1. The highest BCUT2D eigenvalue weighted by molar-refractivity contribution is 7.90. The number of rotatable bonds is 3. The number of hydrogen-bond acceptors (Lipinski definition) is 6. The molecule has 0 atom stereocenters. The maximum Gasteiger partial charge on any atom is 0.268 e. The third-order valence-electron chi connectivity index (χ3n) is 4.76. The number of nitriles is 1. The van der Waals surface area contributed by atoms with E-state index in [9.17, 15) is 18.8 Å². The van der Waals surface area contributed by atoms with Gasteiger partial charge in [-0.3, -0.25) is 0 Å². The number of phenols is 1. The van der Waals surface area contributed by atoms with Gasteiger partial charge in [0, 0.05) is 37.8 Å². The molecule has 2 N–H and O–H groups in total. The lowest BCUT2D eigenvalue weighted by atomic mass is 10.2. The SMILES string of the molecule is N#Cc1cn(S(=O)(=O)c2ccc(O)c(N3CCNCC3)c2)c2ccccc12. The van der Waals surface area contributed by atoms with Crippen molar-refractivity contribution in [2.75, 3.05) is 31.1 Å². The standard InChI is InChI=1S/C19H18N4O3S/c20-12-14-13-23(17-4-2-1-3-16(14)17)27(25,26)15-5-6-19(24)18(11-15)22-9-7-21-8-10-22/h1-6,11,13,21,24H,7-10H2. The van der Waals surface area contributed by atoms with Crippen molar-refractivity contribution in [1.82, 2.24) is 9.29 Å². The first-order chi connectivity index (χ1) is 13.0. The van der Waals surface area contributed by atoms with E-state index in [1.807, 2.05) is 11.0 Å². The van der Waals surface area contributed by atoms with Crippen molar-refractivity contribution in [1.29, 1.82) is 5.26 Å². The summed E-state index contributed by atoms with van der Waals surface area (Å²) in [4.78, 5) is 2.03. The number of nitrogens with zero attached hydrogens (tertiary/aromatic N) is 3. The minimum absolute atomic E-state index is 0.0472. The minimum Gasteiger partial charge on any atom is -0.506 e. The van der Waals surface area contributed by atoms with E-state index in [-0.39, 0.29) is 10.6 Å². The van der Waals surface area contributed by atoms with Crippen molar-refractivity contribution in [2.24, 2.45) is 0 Å². The Morgan fingerprint density at radius 2 is 1.85 bits per heavy atom. The van der Waals surface area contributed by atoms with Crippen molar-refractivity contribution in [2.45, 2.75) is 4.90 Å². The summed E-state index contributed by atoms with van der Waals surface area (Å²) < 4.78 is 27.7. The van der Waals surface area contributed by atoms with Gasteiger partial charge in [0.05, 0.1) is 21.7 Å². The average Bonchev–Trinajstić information content (AvgIpc) is 3.08. The van der Waals surface area contributed by atoms with Crippen LogP contribution in [0, 0.1) is 11.3 Å². The van der Waals surface area contributed by atoms with Crippen LogP contribution in [0.3, 0.4) is 0 Å². The highest BCUT2D eigenvalue weighted by Gasteiger charge is 2.24. The lowest BCUT2D eigenvalue weighted by Crippen LogP contribution is -2.43. The van der Waals surface area contributed by atoms with Crippen LogP contribution in [0.1, 0.15) is 5.56 Å². The molecular formula is C19H18N4O3S. The van der Waals surface area contributed by atoms with E-state index in [1.54, 1.807) is 24.3 Å². The molecule has 1 aliphatic heterocycles. The third-order valence-corrected chi connectivity index (χ3v) is 6.43. The summed E-state index contributed by atoms with van der Waals surface area (Å²) in [5.41, 5.74) is 1.25. The van der Waals surface area contributed by atoms with Gasteiger partial charge in [0.2, 0.25) is 0 Å². The van der Waals surface area contributed by atoms with Crippen molar-refractivity contribution >= 4 is 26.6 Å². The van der Waals surface area contributed by atoms with Crippen LogP contribution >= 0.6 is 0 Å². The molecule has 1 fully saturated rings. The molecule has 27 heavy (non-hydrogen) atoms. The number of benzene rings is 2. The predicted octanol–water partition coefficient (Wildman–Crippen LogP) is 1.87. The average molecular weight is 382 g/mol. The Kier molecular flexibility index (Phi) is 4.26. The lowest BCUT2D eigenvalue weighted by molar-refractivity contribution is 0.470. The van der Waals surface area contributed by atoms with Crippen LogP contribution in [-0.2, 0) is 10.0 Å². The quantitative estimate of drug-likeness (QED) is 0.718. The summed E-state index contributed by atoms with van der Waals surface area (Å²) in [6.07, 6.45) is 1.34. The number of piperazine rings is 1. The largest absolute Gasteiger partial charge is 0.506 e. The Morgan fingerprint density at radius 1 is 1.11 bits per heavy atom. The fourth-order valence-corrected chi connectivity index (χ4v) is 4.76. The zero-order chi connectivity index (χ0) is 19.0. The second-order valence-electron chi connectivity index (χ2n) is 6.36. The Labute approximate surface area is 157 Å². The molecule has 2 heterocycles. The zero-order valence-electron chi connectivity index (χ0n) is 14.5. The van der Waals surface area contributed by atoms with Crippen LogP contribution in [0.4, 0.5) is 5.69 Å². The van der Waals surface area contributed by atoms with Gasteiger partial charge in [0.1, 0.15) is 11.8 Å². The molecular weight excluding hydrogens is 364 g/mol. The van der Waals surface area contributed by atoms with Gasteiger partial charge in [-0.15, -0.1) is 0 Å². The van der Waals surface area contributed by atoms with E-state index in [1.165, 1.54) is 24.4 Å². The number of anilines is 1. The first kappa shape index (κ1) is 17.4. The van der Waals surface area contributed by atoms with Gasteiger partial charge < -0.3 is 15.3 Å². The van der Waals surface area contributed by atoms with E-state index < -0.39 is 10.0 Å². The smallest absolute Gasteiger partial charge is 0.268 e. The van der Waals surface area contributed by atoms with Crippen molar-refractivity contribution in [3.05, 3.63) is 54.2 Å². The molecule has 0 bridgehead atoms. The van der Waals surface area contributed by atoms with Gasteiger partial charge in [-0.25, -0.2) is 12.4 Å². The second kappa shape index (κ2) is 6.61. The summed E-state index contributed by atoms with van der Waals surface area (Å²) in [7, 11) is -3.92. The van der Waals surface area contributed by atoms with Gasteiger partial charge in [-0.05, 0) is 24.3 Å². The van der Waals surface area contributed by atoms with E-state index in [4.69, 9.17) is 0 Å². The molecule has 1 saturated heterocycles. The zero-order valence-corrected chi connectivity index (χ0v) is 15.3. The Morgan fingerprint density at radius 3 is 2.59 bits per heavy atom. The number of para-hydroxylation sites is 1. The molecule has 0 spiro atoms. The highest BCUT2D eigenvalue weighted by atomic mass is 32.2. The molecule has 1 aromatic heterocycles. The van der Waals surface area contributed by atoms with Crippen LogP contribution in [0.2, 0.25) is 0 Å². The van der Waals surface area contributed by atoms with E-state index in [0.29, 0.717) is 35.2 Å². The van der Waals surface area contributed by atoms with Gasteiger partial charge in [0.25, 0.3) is 10.0 Å². The van der Waals surface area contributed by atoms with Gasteiger partial charge in [-0.2, -0.15) is 5.26 Å². The number of hydrogen-bond donors (Lipinski definition) is 2. The summed E-state index contributed by atoms with van der Waals surface area (Å²) >= 11 is 0. The molecule has 0 saturated carbocycles. The number of aromatic nitrogens is 1. The molecule has 1 aliphatic rings. The molecule has 138 valence electrons. The summed E-state index contributed by atoms with van der Waals surface area (Å²) in [6.45, 7) is 2.90. The first-order valence-corrected chi connectivity index (χ1v) is 10.0. The van der Waals surface area contributed by atoms with Crippen LogP contribution in [0.5, 0.6) is 5.75 Å². The molecule has 8 heteroatoms. The maximum absolute atomic E-state index is 13.3. The van der Waals surface area contributed by atoms with Crippen LogP contribution in [-0.4, -0.2) is 43.7 Å². The fourth-order valence-electron chi connectivity index (χ4n) is 3.37. The lowest BCUT2D eigenvalue weighted by Gasteiger charge is -2.30. The van der Waals surface area contributed by atoms with Gasteiger partial charge >= 0.3 is 0 Å². The number of phenolic OH excluding ortho intramolecular Hbond substituents is 1. The minimum atomic E-state index is -3.92. The first-order valence-electron chi connectivity index (χ1n) is 8.57. The molecule has 2 aromatic carbocycles. The van der Waals surface area contributed by atoms with E-state index in [0.717, 1.165) is 17.1 Å². The van der Waals surface area contributed by atoms with Crippen LogP contribution in [0.15, 0.2) is 53.6 Å². The second-order valence-corrected chi connectivity index (χ2v) is 8.18. The number of aromatic hydroxyl groups is 1. The maximum atomic E-state index is 13.3. The molecule has 7 nitrogen and oxygen atoms in total. The van der Waals surface area contributed by atoms with Crippen LogP contribution < -0.4 is 10.2 Å². The van der Waals surface area contributed by atoms with Gasteiger partial charge in [0.15, 0.2) is 0 Å². The van der Waals surface area contributed by atoms with Crippen molar-refractivity contribution < 1.29 is 13.5 Å². The molecule has 4 rings (SSSR count).